The molecule has 4 amide bonds. The summed E-state index contributed by atoms with van der Waals surface area (Å²) in [5.74, 6) is -4.58. The fourth-order valence-corrected chi connectivity index (χ4v) is 6.99. The van der Waals surface area contributed by atoms with Gasteiger partial charge in [0.25, 0.3) is 0 Å². The highest BCUT2D eigenvalue weighted by molar-refractivity contribution is 5.95. The van der Waals surface area contributed by atoms with Crippen molar-refractivity contribution in [2.45, 2.75) is 107 Å². The molecule has 4 rings (SSSR count). The fourth-order valence-electron chi connectivity index (χ4n) is 6.99. The summed E-state index contributed by atoms with van der Waals surface area (Å²) in [5, 5.41) is 20.5. The van der Waals surface area contributed by atoms with E-state index in [1.54, 1.807) is 13.8 Å². The molecule has 38 heavy (non-hydrogen) atoms. The number of nitrogens with zero attached hydrogens (tertiary/aromatic N) is 2. The van der Waals surface area contributed by atoms with Crippen molar-refractivity contribution >= 4 is 23.6 Å². The maximum absolute atomic E-state index is 13.7. The largest absolute Gasteiger partial charge is 0.471 e. The second-order valence-electron chi connectivity index (χ2n) is 12.4. The Balaban J connectivity index is 1.59. The first kappa shape index (κ1) is 28.1. The number of nitriles is 1. The van der Waals surface area contributed by atoms with Crippen LogP contribution >= 0.6 is 0 Å². The first-order valence-corrected chi connectivity index (χ1v) is 13.0. The summed E-state index contributed by atoms with van der Waals surface area (Å²) in [4.78, 5) is 52.8. The minimum Gasteiger partial charge on any atom is -0.351 e. The Morgan fingerprint density at radius 2 is 1.89 bits per heavy atom. The third-order valence-electron chi connectivity index (χ3n) is 8.47. The number of fused-ring (bicyclic) bond motifs is 1. The van der Waals surface area contributed by atoms with Crippen LogP contribution in [-0.2, 0) is 19.2 Å². The molecule has 6 atom stereocenters. The molecular formula is C25H35F3N6O4. The standard InChI is InChI=1S/C25H35F3N6O4/c1-22(2)10-13(18(35)32-22)9-14(11-29)30-19(36)16-15-7-5-6-8-24(15)12-34(16)20(37)17(23(3,4)33-24)31-21(38)25(26,27)28/h13-17,33H,5-10,12H2,1-4H3,(H,30,36)(H,31,38)(H,32,35)/t13-,14+,15-,16+,17-,24-/m1/s1. The van der Waals surface area contributed by atoms with Crippen LogP contribution in [0.3, 0.4) is 0 Å². The molecule has 4 N–H and O–H groups in total. The van der Waals surface area contributed by atoms with Crippen LogP contribution in [0.1, 0.15) is 66.2 Å². The zero-order valence-electron chi connectivity index (χ0n) is 22.0. The van der Waals surface area contributed by atoms with Gasteiger partial charge in [-0.15, -0.1) is 0 Å². The topological polar surface area (TPSA) is 143 Å². The molecule has 4 aliphatic rings. The van der Waals surface area contributed by atoms with Gasteiger partial charge in [-0.25, -0.2) is 0 Å². The molecule has 0 aromatic carbocycles. The van der Waals surface area contributed by atoms with Crippen LogP contribution in [0.4, 0.5) is 13.2 Å². The van der Waals surface area contributed by atoms with Crippen LogP contribution < -0.4 is 21.3 Å². The van der Waals surface area contributed by atoms with Crippen LogP contribution in [-0.4, -0.2) is 76.0 Å². The van der Waals surface area contributed by atoms with Gasteiger partial charge in [0.05, 0.1) is 6.07 Å². The van der Waals surface area contributed by atoms with Gasteiger partial charge in [-0.05, 0) is 53.4 Å². The summed E-state index contributed by atoms with van der Waals surface area (Å²) in [6.07, 6.45) is -1.74. The van der Waals surface area contributed by atoms with Crippen molar-refractivity contribution < 1.29 is 32.3 Å². The first-order valence-electron chi connectivity index (χ1n) is 13.0. The smallest absolute Gasteiger partial charge is 0.351 e. The van der Waals surface area contributed by atoms with E-state index in [4.69, 9.17) is 0 Å². The lowest BCUT2D eigenvalue weighted by Gasteiger charge is -2.48. The fraction of sp³-hybridized carbons (Fsp3) is 0.800. The van der Waals surface area contributed by atoms with E-state index in [0.717, 1.165) is 12.8 Å². The Labute approximate surface area is 219 Å². The lowest BCUT2D eigenvalue weighted by atomic mass is 9.70. The highest BCUT2D eigenvalue weighted by Crippen LogP contribution is 2.47. The summed E-state index contributed by atoms with van der Waals surface area (Å²) < 4.78 is 39.3. The van der Waals surface area contributed by atoms with Crippen LogP contribution in [0, 0.1) is 23.2 Å². The van der Waals surface area contributed by atoms with E-state index >= 15 is 0 Å². The number of hydrogen-bond donors (Lipinski definition) is 4. The van der Waals surface area contributed by atoms with Crippen molar-refractivity contribution in [3.8, 4) is 6.07 Å². The Morgan fingerprint density at radius 3 is 2.47 bits per heavy atom. The van der Waals surface area contributed by atoms with Crippen molar-refractivity contribution in [2.24, 2.45) is 11.8 Å². The zero-order valence-corrected chi connectivity index (χ0v) is 22.0. The number of nitrogens with one attached hydrogen (secondary N) is 4. The number of carbonyl (C=O) groups excluding carboxylic acids is 4. The third-order valence-corrected chi connectivity index (χ3v) is 8.47. The normalized spacial score (nSPS) is 34.4. The molecule has 4 fully saturated rings. The molecule has 0 aromatic heterocycles. The van der Waals surface area contributed by atoms with E-state index in [1.807, 2.05) is 25.2 Å². The minimum atomic E-state index is -5.18. The molecule has 1 spiro atoms. The van der Waals surface area contributed by atoms with E-state index in [0.29, 0.717) is 19.3 Å². The molecule has 210 valence electrons. The second kappa shape index (κ2) is 9.39. The molecule has 2 bridgehead atoms. The monoisotopic (exact) mass is 540 g/mol. The van der Waals surface area contributed by atoms with Crippen LogP contribution in [0.15, 0.2) is 0 Å². The van der Waals surface area contributed by atoms with E-state index in [1.165, 1.54) is 4.90 Å². The number of amides is 4. The summed E-state index contributed by atoms with van der Waals surface area (Å²) in [5.41, 5.74) is -2.37. The molecule has 1 saturated carbocycles. The van der Waals surface area contributed by atoms with E-state index in [9.17, 15) is 37.6 Å². The molecule has 0 unspecified atom stereocenters. The Morgan fingerprint density at radius 1 is 1.21 bits per heavy atom. The summed E-state index contributed by atoms with van der Waals surface area (Å²) >= 11 is 0. The van der Waals surface area contributed by atoms with Gasteiger partial charge in [-0.1, -0.05) is 12.8 Å². The van der Waals surface area contributed by atoms with Crippen molar-refractivity contribution in [3.05, 3.63) is 0 Å². The molecule has 3 aliphatic heterocycles. The number of rotatable bonds is 5. The lowest BCUT2D eigenvalue weighted by molar-refractivity contribution is -0.176. The van der Waals surface area contributed by atoms with E-state index in [-0.39, 0.29) is 24.8 Å². The highest BCUT2D eigenvalue weighted by atomic mass is 19.4. The molecule has 3 saturated heterocycles. The van der Waals surface area contributed by atoms with Gasteiger partial charge in [0, 0.05) is 35.0 Å². The van der Waals surface area contributed by atoms with Crippen molar-refractivity contribution in [1.29, 1.82) is 5.26 Å². The van der Waals surface area contributed by atoms with Crippen LogP contribution in [0.5, 0.6) is 0 Å². The summed E-state index contributed by atoms with van der Waals surface area (Å²) in [6, 6.07) is -1.54. The third kappa shape index (κ3) is 5.07. The SMILES string of the molecule is CC1(C)C[C@@H](C[C@@H](C#N)NC(=O)[C@@H]2[C@H]3CCCC[C@@]34CN2C(=O)[C@@H](NC(=O)C(F)(F)F)C(C)(C)N4)C(=O)N1. The van der Waals surface area contributed by atoms with Gasteiger partial charge in [0.15, 0.2) is 0 Å². The predicted molar refractivity (Wildman–Crippen MR) is 128 cm³/mol. The van der Waals surface area contributed by atoms with Crippen LogP contribution in [0.25, 0.3) is 0 Å². The van der Waals surface area contributed by atoms with Gasteiger partial charge < -0.3 is 26.2 Å². The molecule has 0 radical (unpaired) electrons. The van der Waals surface area contributed by atoms with Crippen molar-refractivity contribution in [3.63, 3.8) is 0 Å². The maximum Gasteiger partial charge on any atom is 0.471 e. The number of hydrogen-bond acceptors (Lipinski definition) is 6. The first-order chi connectivity index (χ1) is 17.5. The molecule has 3 heterocycles. The van der Waals surface area contributed by atoms with Crippen molar-refractivity contribution in [2.75, 3.05) is 6.54 Å². The molecule has 0 aromatic rings. The van der Waals surface area contributed by atoms with Crippen molar-refractivity contribution in [1.82, 2.24) is 26.2 Å². The average Bonchev–Trinajstić information content (AvgIpc) is 3.24. The van der Waals surface area contributed by atoms with Gasteiger partial charge in [0.2, 0.25) is 17.7 Å². The van der Waals surface area contributed by atoms with E-state index in [2.05, 4.69) is 16.0 Å². The molecule has 10 nitrogen and oxygen atoms in total. The zero-order chi connectivity index (χ0) is 28.3. The van der Waals surface area contributed by atoms with Gasteiger partial charge >= 0.3 is 12.1 Å². The number of carbonyl (C=O) groups is 4. The Hall–Kier alpha value is -2.88. The Kier molecular flexibility index (Phi) is 6.96. The van der Waals surface area contributed by atoms with Crippen LogP contribution in [0.2, 0.25) is 0 Å². The highest BCUT2D eigenvalue weighted by Gasteiger charge is 2.63. The van der Waals surface area contributed by atoms with Gasteiger partial charge in [-0.2, -0.15) is 18.4 Å². The molecule has 1 aliphatic carbocycles. The molecule has 13 heteroatoms. The number of alkyl halides is 3. The van der Waals surface area contributed by atoms with Gasteiger partial charge in [-0.3, -0.25) is 19.2 Å². The molecular weight excluding hydrogens is 505 g/mol. The minimum absolute atomic E-state index is 0.101. The van der Waals surface area contributed by atoms with Gasteiger partial charge in [0.1, 0.15) is 18.1 Å². The lowest BCUT2D eigenvalue weighted by Crippen LogP contribution is -2.70. The Bertz CT molecular complexity index is 1070. The quantitative estimate of drug-likeness (QED) is 0.408. The summed E-state index contributed by atoms with van der Waals surface area (Å²) in [6.45, 7) is 6.99. The second-order valence-corrected chi connectivity index (χ2v) is 12.4. The number of halogens is 3. The predicted octanol–water partition coefficient (Wildman–Crippen LogP) is 0.868. The summed E-state index contributed by atoms with van der Waals surface area (Å²) in [7, 11) is 0. The average molecular weight is 541 g/mol. The maximum atomic E-state index is 13.7. The van der Waals surface area contributed by atoms with E-state index < -0.39 is 64.6 Å².